The van der Waals surface area contributed by atoms with Crippen LogP contribution < -0.4 is 10.2 Å². The first-order valence-electron chi connectivity index (χ1n) is 9.69. The molecule has 1 spiro atoms. The number of thiophene rings is 1. The van der Waals surface area contributed by atoms with E-state index in [4.69, 9.17) is 0 Å². The minimum absolute atomic E-state index is 0.0755. The maximum atomic E-state index is 12.8. The topological polar surface area (TPSA) is 55.9 Å². The molecule has 0 radical (unpaired) electrons. The average molecular weight is 399 g/mol. The third-order valence-corrected chi connectivity index (χ3v) is 6.66. The molecular weight excluding hydrogens is 372 g/mol. The molecule has 1 N–H and O–H groups in total. The highest BCUT2D eigenvalue weighted by Crippen LogP contribution is 2.34. The van der Waals surface area contributed by atoms with Crippen LogP contribution in [-0.2, 0) is 11.2 Å². The summed E-state index contributed by atoms with van der Waals surface area (Å²) in [5.41, 5.74) is 2.83. The highest BCUT2D eigenvalue weighted by molar-refractivity contribution is 7.08. The Labute approximate surface area is 169 Å². The van der Waals surface area contributed by atoms with Crippen molar-refractivity contribution in [3.05, 3.63) is 46.7 Å². The van der Waals surface area contributed by atoms with E-state index in [0.717, 1.165) is 24.2 Å². The van der Waals surface area contributed by atoms with Crippen LogP contribution in [0.4, 0.5) is 16.2 Å². The number of nitrogens with zero attached hydrogens (tertiary/aromatic N) is 3. The quantitative estimate of drug-likeness (QED) is 0.863. The van der Waals surface area contributed by atoms with Gasteiger partial charge in [0, 0.05) is 30.7 Å². The van der Waals surface area contributed by atoms with Crippen molar-refractivity contribution in [1.29, 1.82) is 0 Å². The number of aryl methyl sites for hydroxylation is 1. The SMILES string of the molecule is CCc1ccc(NC(=O)N2CC[C@@]3(C2)CN(c2ccsc2)C(=O)CN3C)cc1. The summed E-state index contributed by atoms with van der Waals surface area (Å²) in [6.07, 6.45) is 1.84. The van der Waals surface area contributed by atoms with Gasteiger partial charge in [-0.3, -0.25) is 9.69 Å². The van der Waals surface area contributed by atoms with Gasteiger partial charge in [0.05, 0.1) is 17.8 Å². The van der Waals surface area contributed by atoms with Gasteiger partial charge in [0.15, 0.2) is 0 Å². The summed E-state index contributed by atoms with van der Waals surface area (Å²) in [5.74, 6) is 0.116. The van der Waals surface area contributed by atoms with Crippen molar-refractivity contribution in [2.75, 3.05) is 43.4 Å². The Morgan fingerprint density at radius 3 is 2.68 bits per heavy atom. The molecule has 2 aromatic rings. The summed E-state index contributed by atoms with van der Waals surface area (Å²) >= 11 is 1.59. The van der Waals surface area contributed by atoms with Crippen molar-refractivity contribution in [2.45, 2.75) is 25.3 Å². The van der Waals surface area contributed by atoms with Gasteiger partial charge >= 0.3 is 6.03 Å². The van der Waals surface area contributed by atoms with Crippen LogP contribution in [0.3, 0.4) is 0 Å². The Kier molecular flexibility index (Phi) is 5.12. The first-order valence-corrected chi connectivity index (χ1v) is 10.6. The van der Waals surface area contributed by atoms with Crippen molar-refractivity contribution in [3.8, 4) is 0 Å². The minimum atomic E-state index is -0.195. The molecule has 28 heavy (non-hydrogen) atoms. The van der Waals surface area contributed by atoms with E-state index in [9.17, 15) is 9.59 Å². The monoisotopic (exact) mass is 398 g/mol. The summed E-state index contributed by atoms with van der Waals surface area (Å²) in [6, 6.07) is 9.90. The first-order chi connectivity index (χ1) is 13.5. The summed E-state index contributed by atoms with van der Waals surface area (Å²) in [5, 5.41) is 7.01. The molecule has 0 aliphatic carbocycles. The Morgan fingerprint density at radius 1 is 1.21 bits per heavy atom. The van der Waals surface area contributed by atoms with Gasteiger partial charge in [-0.05, 0) is 49.0 Å². The van der Waals surface area contributed by atoms with Crippen molar-refractivity contribution in [3.63, 3.8) is 0 Å². The zero-order valence-corrected chi connectivity index (χ0v) is 17.2. The van der Waals surface area contributed by atoms with E-state index in [-0.39, 0.29) is 17.5 Å². The lowest BCUT2D eigenvalue weighted by Gasteiger charge is -2.46. The lowest BCUT2D eigenvalue weighted by atomic mass is 9.93. The number of carbonyl (C=O) groups is 2. The van der Waals surface area contributed by atoms with E-state index >= 15 is 0 Å². The van der Waals surface area contributed by atoms with Crippen molar-refractivity contribution < 1.29 is 9.59 Å². The molecule has 3 heterocycles. The largest absolute Gasteiger partial charge is 0.323 e. The zero-order chi connectivity index (χ0) is 19.7. The van der Waals surface area contributed by atoms with Crippen LogP contribution in [0.1, 0.15) is 18.9 Å². The Hall–Kier alpha value is -2.38. The van der Waals surface area contributed by atoms with E-state index in [1.165, 1.54) is 5.56 Å². The Morgan fingerprint density at radius 2 is 2.00 bits per heavy atom. The summed E-state index contributed by atoms with van der Waals surface area (Å²) < 4.78 is 0. The number of likely N-dealkylation sites (tertiary alicyclic amines) is 1. The maximum absolute atomic E-state index is 12.8. The predicted molar refractivity (Wildman–Crippen MR) is 113 cm³/mol. The second kappa shape index (κ2) is 7.56. The molecule has 1 aromatic heterocycles. The number of rotatable bonds is 3. The molecule has 2 fully saturated rings. The second-order valence-electron chi connectivity index (χ2n) is 7.69. The number of amides is 3. The van der Waals surface area contributed by atoms with E-state index in [0.29, 0.717) is 26.2 Å². The standard InChI is InChI=1S/C21H26N4O2S/c1-3-16-4-6-17(7-5-16)22-20(27)24-10-9-21(14-24)15-25(18-8-11-28-13-18)19(26)12-23(21)2/h4-8,11,13H,3,9-10,12,14-15H2,1-2H3,(H,22,27)/t21-/m1/s1. The molecule has 7 heteroatoms. The van der Waals surface area contributed by atoms with E-state index in [2.05, 4.69) is 17.1 Å². The zero-order valence-electron chi connectivity index (χ0n) is 16.4. The molecule has 148 valence electrons. The highest BCUT2D eigenvalue weighted by atomic mass is 32.1. The maximum Gasteiger partial charge on any atom is 0.321 e. The summed E-state index contributed by atoms with van der Waals surface area (Å²) in [6.45, 7) is 4.42. The number of anilines is 2. The van der Waals surface area contributed by atoms with Gasteiger partial charge in [0.2, 0.25) is 5.91 Å². The number of hydrogen-bond donors (Lipinski definition) is 1. The van der Waals surface area contributed by atoms with Crippen molar-refractivity contribution in [1.82, 2.24) is 9.80 Å². The molecule has 0 bridgehead atoms. The Bertz CT molecular complexity index is 852. The van der Waals surface area contributed by atoms with Gasteiger partial charge in [-0.15, -0.1) is 0 Å². The molecule has 0 unspecified atom stereocenters. The number of carbonyl (C=O) groups excluding carboxylic acids is 2. The van der Waals surface area contributed by atoms with Crippen LogP contribution in [0.2, 0.25) is 0 Å². The van der Waals surface area contributed by atoms with E-state index < -0.39 is 0 Å². The van der Waals surface area contributed by atoms with Gasteiger partial charge in [0.25, 0.3) is 0 Å². The van der Waals surface area contributed by atoms with Crippen LogP contribution in [0.15, 0.2) is 41.1 Å². The van der Waals surface area contributed by atoms with E-state index in [1.54, 1.807) is 11.3 Å². The lowest BCUT2D eigenvalue weighted by molar-refractivity contribution is -0.123. The van der Waals surface area contributed by atoms with Crippen molar-refractivity contribution >= 4 is 34.6 Å². The number of likely N-dealkylation sites (N-methyl/N-ethyl adjacent to an activating group) is 1. The van der Waals surface area contributed by atoms with Crippen LogP contribution in [-0.4, -0.2) is 60.5 Å². The lowest BCUT2D eigenvalue weighted by Crippen LogP contribution is -2.64. The molecule has 2 aliphatic rings. The molecule has 2 aliphatic heterocycles. The molecule has 4 rings (SSSR count). The summed E-state index contributed by atoms with van der Waals surface area (Å²) in [4.78, 5) is 31.2. The van der Waals surface area contributed by atoms with E-state index in [1.807, 2.05) is 57.9 Å². The van der Waals surface area contributed by atoms with Crippen LogP contribution in [0, 0.1) is 0 Å². The highest BCUT2D eigenvalue weighted by Gasteiger charge is 2.48. The normalized spacial score (nSPS) is 22.9. The number of piperazine rings is 1. The van der Waals surface area contributed by atoms with Gasteiger partial charge < -0.3 is 15.1 Å². The fourth-order valence-electron chi connectivity index (χ4n) is 4.10. The predicted octanol–water partition coefficient (Wildman–Crippen LogP) is 3.27. The minimum Gasteiger partial charge on any atom is -0.323 e. The average Bonchev–Trinajstić information content (AvgIpc) is 3.36. The molecular formula is C21H26N4O2S. The number of nitrogens with one attached hydrogen (secondary N) is 1. The van der Waals surface area contributed by atoms with Crippen LogP contribution in [0.25, 0.3) is 0 Å². The fourth-order valence-corrected chi connectivity index (χ4v) is 4.74. The fraction of sp³-hybridized carbons (Fsp3) is 0.429. The number of urea groups is 1. The third kappa shape index (κ3) is 3.52. The number of benzene rings is 1. The Balaban J connectivity index is 1.45. The van der Waals surface area contributed by atoms with Gasteiger partial charge in [0.1, 0.15) is 0 Å². The molecule has 6 nitrogen and oxygen atoms in total. The molecule has 3 amide bonds. The van der Waals surface area contributed by atoms with Gasteiger partial charge in [-0.2, -0.15) is 11.3 Å². The molecule has 1 atom stereocenters. The molecule has 0 saturated carbocycles. The third-order valence-electron chi connectivity index (χ3n) is 5.99. The van der Waals surface area contributed by atoms with Gasteiger partial charge in [-0.1, -0.05) is 19.1 Å². The molecule has 2 saturated heterocycles. The van der Waals surface area contributed by atoms with Crippen LogP contribution >= 0.6 is 11.3 Å². The smallest absolute Gasteiger partial charge is 0.321 e. The first kappa shape index (κ1) is 19.0. The summed E-state index contributed by atoms with van der Waals surface area (Å²) in [7, 11) is 1.99. The molecule has 1 aromatic carbocycles. The number of hydrogen-bond acceptors (Lipinski definition) is 4. The second-order valence-corrected chi connectivity index (χ2v) is 8.47. The van der Waals surface area contributed by atoms with Crippen LogP contribution in [0.5, 0.6) is 0 Å². The van der Waals surface area contributed by atoms with Crippen molar-refractivity contribution in [2.24, 2.45) is 0 Å². The van der Waals surface area contributed by atoms with Gasteiger partial charge in [-0.25, -0.2) is 4.79 Å².